The lowest BCUT2D eigenvalue weighted by Crippen LogP contribution is -2.33. The predicted octanol–water partition coefficient (Wildman–Crippen LogP) is 2.15. The van der Waals surface area contributed by atoms with E-state index >= 15 is 0 Å². The third kappa shape index (κ3) is 3.10. The van der Waals surface area contributed by atoms with Gasteiger partial charge >= 0.3 is 0 Å². The maximum atomic E-state index is 12.2. The van der Waals surface area contributed by atoms with Crippen molar-refractivity contribution in [1.29, 1.82) is 0 Å². The van der Waals surface area contributed by atoms with Crippen LogP contribution in [-0.4, -0.2) is 30.0 Å². The summed E-state index contributed by atoms with van der Waals surface area (Å²) in [7, 11) is 3.32. The van der Waals surface area contributed by atoms with Gasteiger partial charge in [0.05, 0.1) is 25.4 Å². The molecule has 0 saturated heterocycles. The quantitative estimate of drug-likeness (QED) is 0.752. The number of aryl methyl sites for hydroxylation is 1. The smallest absolute Gasteiger partial charge is 0.268 e. The third-order valence-electron chi connectivity index (χ3n) is 3.66. The summed E-state index contributed by atoms with van der Waals surface area (Å²) in [5, 5.41) is 5.30. The van der Waals surface area contributed by atoms with Crippen LogP contribution in [0.15, 0.2) is 47.1 Å². The Kier molecular flexibility index (Phi) is 4.24. The summed E-state index contributed by atoms with van der Waals surface area (Å²) >= 11 is 0. The summed E-state index contributed by atoms with van der Waals surface area (Å²) in [6.07, 6.45) is 1.56. The molecule has 0 unspecified atom stereocenters. The van der Waals surface area contributed by atoms with E-state index in [2.05, 4.69) is 10.6 Å². The first kappa shape index (κ1) is 15.7. The Labute approximate surface area is 138 Å². The number of anilines is 1. The molecule has 7 nitrogen and oxygen atoms in total. The number of nitrogens with zero attached hydrogens (tertiary/aromatic N) is 1. The van der Waals surface area contributed by atoms with Gasteiger partial charge in [-0.25, -0.2) is 0 Å². The maximum absolute atomic E-state index is 12.2. The number of hydrogen-bond donors (Lipinski definition) is 2. The van der Waals surface area contributed by atoms with Crippen molar-refractivity contribution in [3.05, 3.63) is 48.4 Å². The second kappa shape index (κ2) is 6.49. The number of aromatic nitrogens is 1. The van der Waals surface area contributed by atoms with Gasteiger partial charge in [-0.1, -0.05) is 6.07 Å². The van der Waals surface area contributed by atoms with Crippen LogP contribution < -0.4 is 15.4 Å². The molecular weight excluding hydrogens is 310 g/mol. The monoisotopic (exact) mass is 327 g/mol. The summed E-state index contributed by atoms with van der Waals surface area (Å²) in [5.74, 6) is -0.0255. The summed E-state index contributed by atoms with van der Waals surface area (Å²) < 4.78 is 12.1. The van der Waals surface area contributed by atoms with Crippen LogP contribution >= 0.6 is 0 Å². The van der Waals surface area contributed by atoms with Crippen molar-refractivity contribution in [2.45, 2.75) is 0 Å². The zero-order valence-corrected chi connectivity index (χ0v) is 13.3. The van der Waals surface area contributed by atoms with Crippen molar-refractivity contribution in [2.24, 2.45) is 7.05 Å². The van der Waals surface area contributed by atoms with Gasteiger partial charge in [-0.3, -0.25) is 9.59 Å². The van der Waals surface area contributed by atoms with Crippen LogP contribution in [0.1, 0.15) is 10.5 Å². The largest absolute Gasteiger partial charge is 0.497 e. The molecule has 0 aliphatic heterocycles. The molecule has 0 aliphatic carbocycles. The minimum absolute atomic E-state index is 0.136. The van der Waals surface area contributed by atoms with Crippen LogP contribution in [0.25, 0.3) is 11.1 Å². The van der Waals surface area contributed by atoms with Crippen molar-refractivity contribution < 1.29 is 18.7 Å². The molecule has 0 radical (unpaired) electrons. The molecule has 0 saturated carbocycles. The fourth-order valence-electron chi connectivity index (χ4n) is 2.43. The van der Waals surface area contributed by atoms with E-state index < -0.39 is 0 Å². The first-order valence-corrected chi connectivity index (χ1v) is 7.33. The number of carbonyl (C=O) groups is 2. The van der Waals surface area contributed by atoms with Gasteiger partial charge in [0.25, 0.3) is 5.91 Å². The van der Waals surface area contributed by atoms with Crippen LogP contribution in [0.5, 0.6) is 5.75 Å². The highest BCUT2D eigenvalue weighted by Crippen LogP contribution is 2.19. The molecule has 0 fully saturated rings. The zero-order chi connectivity index (χ0) is 17.1. The first-order chi connectivity index (χ1) is 11.6. The Bertz CT molecular complexity index is 894. The summed E-state index contributed by atoms with van der Waals surface area (Å²) in [5.41, 5.74) is 2.48. The molecule has 2 N–H and O–H groups in total. The van der Waals surface area contributed by atoms with E-state index in [1.54, 1.807) is 61.4 Å². The van der Waals surface area contributed by atoms with Crippen LogP contribution in [0.2, 0.25) is 0 Å². The van der Waals surface area contributed by atoms with E-state index in [0.29, 0.717) is 22.7 Å². The lowest BCUT2D eigenvalue weighted by Gasteiger charge is -2.08. The average Bonchev–Trinajstić information content (AvgIpc) is 3.16. The van der Waals surface area contributed by atoms with E-state index in [1.807, 2.05) is 0 Å². The van der Waals surface area contributed by atoms with E-state index in [0.717, 1.165) is 5.52 Å². The SMILES string of the molecule is COc1cccc(NC(=O)CNC(=O)c2cc3occc3n2C)c1. The second-order valence-corrected chi connectivity index (χ2v) is 5.22. The number of nitrogens with one attached hydrogen (secondary N) is 2. The van der Waals surface area contributed by atoms with E-state index in [9.17, 15) is 9.59 Å². The highest BCUT2D eigenvalue weighted by atomic mass is 16.5. The number of methoxy groups -OCH3 is 1. The maximum Gasteiger partial charge on any atom is 0.268 e. The molecule has 7 heteroatoms. The van der Waals surface area contributed by atoms with Crippen LogP contribution in [0.4, 0.5) is 5.69 Å². The van der Waals surface area contributed by atoms with Crippen molar-refractivity contribution in [2.75, 3.05) is 19.0 Å². The number of hydrogen-bond acceptors (Lipinski definition) is 4. The molecule has 2 aromatic heterocycles. The minimum Gasteiger partial charge on any atom is -0.497 e. The van der Waals surface area contributed by atoms with Crippen molar-refractivity contribution >= 4 is 28.6 Å². The Hall–Kier alpha value is -3.22. The molecule has 3 aromatic rings. The number of amides is 2. The standard InChI is InChI=1S/C17H17N3O4/c1-20-13-6-7-24-15(13)9-14(20)17(22)18-10-16(21)19-11-4-3-5-12(8-11)23-2/h3-9H,10H2,1-2H3,(H,18,22)(H,19,21). The Morgan fingerprint density at radius 2 is 2.08 bits per heavy atom. The number of rotatable bonds is 5. The number of furan rings is 1. The number of benzene rings is 1. The molecule has 2 heterocycles. The normalized spacial score (nSPS) is 10.6. The highest BCUT2D eigenvalue weighted by molar-refractivity contribution is 6.01. The van der Waals surface area contributed by atoms with Gasteiger partial charge in [0.1, 0.15) is 11.4 Å². The summed E-state index contributed by atoms with van der Waals surface area (Å²) in [6.45, 7) is -0.136. The number of fused-ring (bicyclic) bond motifs is 1. The summed E-state index contributed by atoms with van der Waals surface area (Å²) in [6, 6.07) is 10.4. The topological polar surface area (TPSA) is 85.5 Å². The highest BCUT2D eigenvalue weighted by Gasteiger charge is 2.15. The molecule has 3 rings (SSSR count). The van der Waals surface area contributed by atoms with Crippen molar-refractivity contribution in [3.63, 3.8) is 0 Å². The van der Waals surface area contributed by atoms with Gasteiger partial charge < -0.3 is 24.4 Å². The minimum atomic E-state index is -0.343. The van der Waals surface area contributed by atoms with Gasteiger partial charge in [-0.05, 0) is 12.1 Å². The Morgan fingerprint density at radius 3 is 2.83 bits per heavy atom. The van der Waals surface area contributed by atoms with Gasteiger partial charge in [0.15, 0.2) is 5.58 Å². The third-order valence-corrected chi connectivity index (χ3v) is 3.66. The van der Waals surface area contributed by atoms with Crippen molar-refractivity contribution in [1.82, 2.24) is 9.88 Å². The van der Waals surface area contributed by atoms with E-state index in [-0.39, 0.29) is 18.4 Å². The molecule has 124 valence electrons. The van der Waals surface area contributed by atoms with Gasteiger partial charge in [-0.15, -0.1) is 0 Å². The Balaban J connectivity index is 1.60. The number of carbonyl (C=O) groups excluding carboxylic acids is 2. The van der Waals surface area contributed by atoms with Gasteiger partial charge in [0, 0.05) is 30.9 Å². The van der Waals surface area contributed by atoms with Gasteiger partial charge in [-0.2, -0.15) is 0 Å². The van der Waals surface area contributed by atoms with Crippen LogP contribution in [0.3, 0.4) is 0 Å². The van der Waals surface area contributed by atoms with E-state index in [4.69, 9.17) is 9.15 Å². The predicted molar refractivity (Wildman–Crippen MR) is 89.1 cm³/mol. The molecule has 0 spiro atoms. The van der Waals surface area contributed by atoms with Crippen molar-refractivity contribution in [3.8, 4) is 5.75 Å². The zero-order valence-electron chi connectivity index (χ0n) is 13.3. The molecular formula is C17H17N3O4. The second-order valence-electron chi connectivity index (χ2n) is 5.22. The van der Waals surface area contributed by atoms with Crippen LogP contribution in [0, 0.1) is 0 Å². The molecule has 0 bridgehead atoms. The molecule has 2 amide bonds. The Morgan fingerprint density at radius 1 is 1.25 bits per heavy atom. The first-order valence-electron chi connectivity index (χ1n) is 7.33. The fraction of sp³-hybridized carbons (Fsp3) is 0.176. The average molecular weight is 327 g/mol. The lowest BCUT2D eigenvalue weighted by molar-refractivity contribution is -0.115. The molecule has 0 atom stereocenters. The van der Waals surface area contributed by atoms with E-state index in [1.165, 1.54) is 0 Å². The molecule has 1 aromatic carbocycles. The molecule has 24 heavy (non-hydrogen) atoms. The fourth-order valence-corrected chi connectivity index (χ4v) is 2.43. The lowest BCUT2D eigenvalue weighted by atomic mass is 10.3. The van der Waals surface area contributed by atoms with Gasteiger partial charge in [0.2, 0.25) is 5.91 Å². The number of ether oxygens (including phenoxy) is 1. The molecule has 0 aliphatic rings. The summed E-state index contributed by atoms with van der Waals surface area (Å²) in [4.78, 5) is 24.2. The van der Waals surface area contributed by atoms with Crippen LogP contribution in [-0.2, 0) is 11.8 Å².